The van der Waals surface area contributed by atoms with Gasteiger partial charge in [-0.2, -0.15) is 13.2 Å². The van der Waals surface area contributed by atoms with E-state index < -0.39 is 11.7 Å². The maximum Gasteiger partial charge on any atom is 0.416 e. The standard InChI is InChI=1S/C25H27F3N2O2/c1-17-6-2-5-9-22(17)23-14-21(32-29-23)16-30(24(31)19-7-3-4-8-19)15-18-10-12-20(13-11-18)25(26,27)28/h2,5-6,9-13,19,21H,3-4,7-8,14-16H2,1H3/t21-/m0/s1. The minimum Gasteiger partial charge on any atom is -0.390 e. The van der Waals surface area contributed by atoms with E-state index in [-0.39, 0.29) is 24.5 Å². The average molecular weight is 444 g/mol. The van der Waals surface area contributed by atoms with Crippen LogP contribution >= 0.6 is 0 Å². The number of aryl methyl sites for hydroxylation is 1. The van der Waals surface area contributed by atoms with Crippen LogP contribution in [0.25, 0.3) is 0 Å². The van der Waals surface area contributed by atoms with E-state index in [0.717, 1.165) is 54.7 Å². The SMILES string of the molecule is Cc1ccccc1C1=NO[C@H](CN(Cc2ccc(C(F)(F)F)cc2)C(=O)C2CCCC2)C1. The van der Waals surface area contributed by atoms with Crippen LogP contribution in [0, 0.1) is 12.8 Å². The van der Waals surface area contributed by atoms with E-state index in [9.17, 15) is 18.0 Å². The Kier molecular flexibility index (Phi) is 6.53. The molecule has 0 radical (unpaired) electrons. The second-order valence-electron chi connectivity index (χ2n) is 8.68. The summed E-state index contributed by atoms with van der Waals surface area (Å²) in [6.07, 6.45) is -0.275. The Hall–Kier alpha value is -2.83. The van der Waals surface area contributed by atoms with Crippen LogP contribution in [0.5, 0.6) is 0 Å². The van der Waals surface area contributed by atoms with Crippen LogP contribution in [-0.4, -0.2) is 29.2 Å². The van der Waals surface area contributed by atoms with Gasteiger partial charge in [-0.1, -0.05) is 54.4 Å². The molecule has 0 unspecified atom stereocenters. The van der Waals surface area contributed by atoms with Gasteiger partial charge in [0, 0.05) is 24.4 Å². The summed E-state index contributed by atoms with van der Waals surface area (Å²) in [5, 5.41) is 4.26. The Balaban J connectivity index is 1.47. The van der Waals surface area contributed by atoms with Crippen molar-refractivity contribution in [3.8, 4) is 0 Å². The molecule has 0 saturated heterocycles. The maximum atomic E-state index is 13.2. The van der Waals surface area contributed by atoms with Crippen molar-refractivity contribution in [1.29, 1.82) is 0 Å². The molecule has 32 heavy (non-hydrogen) atoms. The van der Waals surface area contributed by atoms with Gasteiger partial charge in [0.2, 0.25) is 5.91 Å². The molecule has 1 aliphatic carbocycles. The molecule has 0 aromatic heterocycles. The molecule has 170 valence electrons. The minimum atomic E-state index is -4.38. The highest BCUT2D eigenvalue weighted by Crippen LogP contribution is 2.31. The molecule has 4 rings (SSSR count). The average Bonchev–Trinajstić information content (AvgIpc) is 3.45. The Bertz CT molecular complexity index is 979. The highest BCUT2D eigenvalue weighted by Gasteiger charge is 2.33. The Morgan fingerprint density at radius 3 is 2.44 bits per heavy atom. The highest BCUT2D eigenvalue weighted by atomic mass is 19.4. The van der Waals surface area contributed by atoms with Crippen molar-refractivity contribution < 1.29 is 22.8 Å². The first-order valence-electron chi connectivity index (χ1n) is 11.0. The lowest BCUT2D eigenvalue weighted by Gasteiger charge is -2.27. The Labute approximate surface area is 186 Å². The second kappa shape index (κ2) is 9.35. The van der Waals surface area contributed by atoms with E-state index in [0.29, 0.717) is 18.5 Å². The molecule has 1 heterocycles. The fraction of sp³-hybridized carbons (Fsp3) is 0.440. The summed E-state index contributed by atoms with van der Waals surface area (Å²) in [6.45, 7) is 2.63. The topological polar surface area (TPSA) is 41.9 Å². The molecule has 0 bridgehead atoms. The van der Waals surface area contributed by atoms with Gasteiger partial charge in [-0.25, -0.2) is 0 Å². The number of carbonyl (C=O) groups is 1. The maximum absolute atomic E-state index is 13.2. The summed E-state index contributed by atoms with van der Waals surface area (Å²) in [5.41, 5.74) is 2.98. The summed E-state index contributed by atoms with van der Waals surface area (Å²) >= 11 is 0. The van der Waals surface area contributed by atoms with Crippen LogP contribution in [-0.2, 0) is 22.4 Å². The number of hydrogen-bond acceptors (Lipinski definition) is 3. The number of benzene rings is 2. The molecule has 4 nitrogen and oxygen atoms in total. The van der Waals surface area contributed by atoms with Crippen molar-refractivity contribution in [2.45, 2.75) is 57.9 Å². The molecular weight excluding hydrogens is 417 g/mol. The Morgan fingerprint density at radius 1 is 1.09 bits per heavy atom. The second-order valence-corrected chi connectivity index (χ2v) is 8.68. The predicted molar refractivity (Wildman–Crippen MR) is 116 cm³/mol. The van der Waals surface area contributed by atoms with Crippen molar-refractivity contribution in [2.24, 2.45) is 11.1 Å². The lowest BCUT2D eigenvalue weighted by Crippen LogP contribution is -2.40. The van der Waals surface area contributed by atoms with Crippen LogP contribution in [0.4, 0.5) is 13.2 Å². The van der Waals surface area contributed by atoms with Crippen molar-refractivity contribution in [2.75, 3.05) is 6.54 Å². The number of nitrogens with zero attached hydrogens (tertiary/aromatic N) is 2. The zero-order valence-electron chi connectivity index (χ0n) is 18.1. The number of halogens is 3. The molecule has 1 saturated carbocycles. The third-order valence-corrected chi connectivity index (χ3v) is 6.28. The first-order valence-corrected chi connectivity index (χ1v) is 11.0. The molecule has 1 atom stereocenters. The fourth-order valence-corrected chi connectivity index (χ4v) is 4.51. The molecular formula is C25H27F3N2O2. The van der Waals surface area contributed by atoms with Crippen LogP contribution < -0.4 is 0 Å². The van der Waals surface area contributed by atoms with Crippen molar-refractivity contribution in [3.63, 3.8) is 0 Å². The number of hydrogen-bond donors (Lipinski definition) is 0. The fourth-order valence-electron chi connectivity index (χ4n) is 4.51. The molecule has 2 aliphatic rings. The summed E-state index contributed by atoms with van der Waals surface area (Å²) in [6, 6.07) is 13.0. The van der Waals surface area contributed by atoms with E-state index >= 15 is 0 Å². The smallest absolute Gasteiger partial charge is 0.390 e. The zero-order valence-corrected chi connectivity index (χ0v) is 18.1. The van der Waals surface area contributed by atoms with Gasteiger partial charge < -0.3 is 9.74 Å². The zero-order chi connectivity index (χ0) is 22.7. The summed E-state index contributed by atoms with van der Waals surface area (Å²) in [4.78, 5) is 20.6. The van der Waals surface area contributed by atoms with E-state index in [1.54, 1.807) is 4.90 Å². The Morgan fingerprint density at radius 2 is 1.78 bits per heavy atom. The first-order chi connectivity index (χ1) is 15.3. The van der Waals surface area contributed by atoms with Gasteiger partial charge in [-0.3, -0.25) is 4.79 Å². The van der Waals surface area contributed by atoms with Crippen LogP contribution in [0.2, 0.25) is 0 Å². The molecule has 1 amide bonds. The van der Waals surface area contributed by atoms with Gasteiger partial charge in [-0.15, -0.1) is 0 Å². The van der Waals surface area contributed by atoms with Gasteiger partial charge in [0.05, 0.1) is 17.8 Å². The largest absolute Gasteiger partial charge is 0.416 e. The summed E-state index contributed by atoms with van der Waals surface area (Å²) < 4.78 is 38.7. The van der Waals surface area contributed by atoms with Crippen LogP contribution in [0.3, 0.4) is 0 Å². The molecule has 1 fully saturated rings. The molecule has 0 N–H and O–H groups in total. The monoisotopic (exact) mass is 444 g/mol. The molecule has 2 aromatic carbocycles. The van der Waals surface area contributed by atoms with Crippen LogP contribution in [0.1, 0.15) is 54.4 Å². The normalized spacial score (nSPS) is 19.0. The van der Waals surface area contributed by atoms with Gasteiger partial charge in [0.25, 0.3) is 0 Å². The number of alkyl halides is 3. The molecule has 2 aromatic rings. The van der Waals surface area contributed by atoms with E-state index in [2.05, 4.69) is 5.16 Å². The number of carbonyl (C=O) groups excluding carboxylic acids is 1. The lowest BCUT2D eigenvalue weighted by atomic mass is 9.99. The lowest BCUT2D eigenvalue weighted by molar-refractivity contribution is -0.138. The van der Waals surface area contributed by atoms with E-state index in [4.69, 9.17) is 4.84 Å². The van der Waals surface area contributed by atoms with E-state index in [1.165, 1.54) is 12.1 Å². The van der Waals surface area contributed by atoms with Gasteiger partial charge >= 0.3 is 6.18 Å². The van der Waals surface area contributed by atoms with Gasteiger partial charge in [0.1, 0.15) is 0 Å². The van der Waals surface area contributed by atoms with Crippen molar-refractivity contribution in [1.82, 2.24) is 4.90 Å². The molecule has 7 heteroatoms. The number of amides is 1. The minimum absolute atomic E-state index is 0.0254. The van der Waals surface area contributed by atoms with Crippen LogP contribution in [0.15, 0.2) is 53.7 Å². The quantitative estimate of drug-likeness (QED) is 0.571. The summed E-state index contributed by atoms with van der Waals surface area (Å²) in [5.74, 6) is 0.0259. The van der Waals surface area contributed by atoms with E-state index in [1.807, 2.05) is 31.2 Å². The third-order valence-electron chi connectivity index (χ3n) is 6.28. The number of oxime groups is 1. The highest BCUT2D eigenvalue weighted by molar-refractivity contribution is 6.02. The molecule has 0 spiro atoms. The number of rotatable bonds is 6. The summed E-state index contributed by atoms with van der Waals surface area (Å²) in [7, 11) is 0. The van der Waals surface area contributed by atoms with Crippen molar-refractivity contribution in [3.05, 3.63) is 70.8 Å². The van der Waals surface area contributed by atoms with Gasteiger partial charge in [0.15, 0.2) is 6.10 Å². The van der Waals surface area contributed by atoms with Crippen molar-refractivity contribution >= 4 is 11.6 Å². The predicted octanol–water partition coefficient (Wildman–Crippen LogP) is 5.73. The molecule has 1 aliphatic heterocycles. The first kappa shape index (κ1) is 22.4. The third kappa shape index (κ3) is 5.14. The van der Waals surface area contributed by atoms with Gasteiger partial charge in [-0.05, 0) is 43.0 Å².